The molecule has 2 aromatic rings. The van der Waals surface area contributed by atoms with Crippen LogP contribution in [0.5, 0.6) is 0 Å². The van der Waals surface area contributed by atoms with Gasteiger partial charge in [-0.05, 0) is 52.1 Å². The van der Waals surface area contributed by atoms with E-state index in [0.717, 1.165) is 29.3 Å². The number of nitriles is 1. The second kappa shape index (κ2) is 7.76. The molecule has 0 radical (unpaired) electrons. The number of hydrogen-bond donors (Lipinski definition) is 1. The molecule has 5 nitrogen and oxygen atoms in total. The molecule has 0 bridgehead atoms. The zero-order valence-electron chi connectivity index (χ0n) is 16.2. The van der Waals surface area contributed by atoms with Crippen LogP contribution in [-0.4, -0.2) is 15.7 Å². The third kappa shape index (κ3) is 4.44. The van der Waals surface area contributed by atoms with E-state index in [1.54, 1.807) is 22.2 Å². The lowest BCUT2D eigenvalue weighted by Crippen LogP contribution is -2.26. The van der Waals surface area contributed by atoms with Crippen molar-refractivity contribution in [3.05, 3.63) is 32.9 Å². The predicted molar refractivity (Wildman–Crippen MR) is 112 cm³/mol. The summed E-state index contributed by atoms with van der Waals surface area (Å²) in [5, 5.41) is 17.6. The summed E-state index contributed by atoms with van der Waals surface area (Å²) in [5.74, 6) is 0.282. The standard InChI is InChI=1S/C20H25BrN4OS/c1-12(10-25-11-14(21)9-23-25)18(26)24-19-16(8-22)15-6-5-13(20(2,3)4)7-17(15)27-19/h9,11-13H,5-7,10H2,1-4H3,(H,24,26)/t12-,13-/m0/s1. The molecule has 2 aromatic heterocycles. The predicted octanol–water partition coefficient (Wildman–Crippen LogP) is 5.00. The number of carbonyl (C=O) groups is 1. The van der Waals surface area contributed by atoms with E-state index in [0.29, 0.717) is 23.0 Å². The normalized spacial score (nSPS) is 17.9. The first-order valence-electron chi connectivity index (χ1n) is 9.22. The summed E-state index contributed by atoms with van der Waals surface area (Å²) >= 11 is 4.94. The van der Waals surface area contributed by atoms with Gasteiger partial charge in [-0.1, -0.05) is 27.7 Å². The highest BCUT2D eigenvalue weighted by Crippen LogP contribution is 2.44. The molecule has 0 fully saturated rings. The molecule has 144 valence electrons. The average Bonchev–Trinajstić information content (AvgIpc) is 3.15. The quantitative estimate of drug-likeness (QED) is 0.714. The minimum atomic E-state index is -0.246. The fraction of sp³-hybridized carbons (Fsp3) is 0.550. The summed E-state index contributed by atoms with van der Waals surface area (Å²) in [6.45, 7) is 9.20. The van der Waals surface area contributed by atoms with Crippen molar-refractivity contribution in [1.29, 1.82) is 5.26 Å². The molecule has 27 heavy (non-hydrogen) atoms. The highest BCUT2D eigenvalue weighted by atomic mass is 79.9. The number of carbonyl (C=O) groups excluding carboxylic acids is 1. The maximum Gasteiger partial charge on any atom is 0.229 e. The first-order chi connectivity index (χ1) is 12.7. The van der Waals surface area contributed by atoms with Gasteiger partial charge in [-0.2, -0.15) is 10.4 Å². The first-order valence-corrected chi connectivity index (χ1v) is 10.8. The van der Waals surface area contributed by atoms with Crippen LogP contribution in [0.3, 0.4) is 0 Å². The fourth-order valence-corrected chi connectivity index (χ4v) is 5.18. The molecule has 1 aliphatic carbocycles. The van der Waals surface area contributed by atoms with Gasteiger partial charge in [0.25, 0.3) is 0 Å². The summed E-state index contributed by atoms with van der Waals surface area (Å²) < 4.78 is 2.63. The van der Waals surface area contributed by atoms with Crippen LogP contribution in [0.4, 0.5) is 5.00 Å². The second-order valence-corrected chi connectivity index (χ2v) is 10.4. The van der Waals surface area contributed by atoms with Gasteiger partial charge in [0.2, 0.25) is 5.91 Å². The molecule has 0 saturated carbocycles. The van der Waals surface area contributed by atoms with Crippen molar-refractivity contribution in [2.24, 2.45) is 17.3 Å². The summed E-state index contributed by atoms with van der Waals surface area (Å²) in [7, 11) is 0. The molecule has 0 spiro atoms. The third-order valence-electron chi connectivity index (χ3n) is 5.35. The van der Waals surface area contributed by atoms with Crippen LogP contribution in [0.15, 0.2) is 16.9 Å². The van der Waals surface area contributed by atoms with Gasteiger partial charge < -0.3 is 5.32 Å². The minimum Gasteiger partial charge on any atom is -0.316 e. The molecule has 0 aliphatic heterocycles. The number of amides is 1. The molecule has 0 saturated heterocycles. The van der Waals surface area contributed by atoms with Crippen LogP contribution >= 0.6 is 27.3 Å². The number of halogens is 1. The molecular formula is C20H25BrN4OS. The van der Waals surface area contributed by atoms with Gasteiger partial charge in [-0.25, -0.2) is 0 Å². The SMILES string of the molecule is C[C@@H](Cn1cc(Br)cn1)C(=O)Nc1sc2c(c1C#N)CC[C@H](C(C)(C)C)C2. The van der Waals surface area contributed by atoms with Crippen molar-refractivity contribution in [3.8, 4) is 6.07 Å². The summed E-state index contributed by atoms with van der Waals surface area (Å²) in [6, 6.07) is 2.33. The molecule has 0 unspecified atom stereocenters. The molecule has 2 atom stereocenters. The number of rotatable bonds is 4. The zero-order valence-corrected chi connectivity index (χ0v) is 18.6. The van der Waals surface area contributed by atoms with E-state index in [2.05, 4.69) is 53.2 Å². The molecule has 1 N–H and O–H groups in total. The van der Waals surface area contributed by atoms with Crippen LogP contribution in [0.1, 0.15) is 50.1 Å². The van der Waals surface area contributed by atoms with E-state index in [1.807, 2.05) is 13.1 Å². The molecule has 2 heterocycles. The van der Waals surface area contributed by atoms with E-state index < -0.39 is 0 Å². The van der Waals surface area contributed by atoms with Gasteiger partial charge >= 0.3 is 0 Å². The third-order valence-corrected chi connectivity index (χ3v) is 6.93. The molecular weight excluding hydrogens is 424 g/mol. The Labute approximate surface area is 172 Å². The Kier molecular flexibility index (Phi) is 5.78. The van der Waals surface area contributed by atoms with Crippen molar-refractivity contribution in [1.82, 2.24) is 9.78 Å². The Morgan fingerprint density at radius 1 is 1.56 bits per heavy atom. The largest absolute Gasteiger partial charge is 0.316 e. The maximum atomic E-state index is 12.7. The Morgan fingerprint density at radius 3 is 2.89 bits per heavy atom. The number of fused-ring (bicyclic) bond motifs is 1. The highest BCUT2D eigenvalue weighted by Gasteiger charge is 2.32. The Morgan fingerprint density at radius 2 is 2.30 bits per heavy atom. The maximum absolute atomic E-state index is 12.7. The van der Waals surface area contributed by atoms with Crippen LogP contribution in [-0.2, 0) is 24.2 Å². The fourth-order valence-electron chi connectivity index (χ4n) is 3.57. The van der Waals surface area contributed by atoms with E-state index in [4.69, 9.17) is 0 Å². The van der Waals surface area contributed by atoms with Gasteiger partial charge in [0.1, 0.15) is 11.1 Å². The lowest BCUT2D eigenvalue weighted by molar-refractivity contribution is -0.119. The Balaban J connectivity index is 1.74. The van der Waals surface area contributed by atoms with Crippen LogP contribution in [0, 0.1) is 28.6 Å². The van der Waals surface area contributed by atoms with Crippen LogP contribution < -0.4 is 5.32 Å². The Hall–Kier alpha value is -1.65. The van der Waals surface area contributed by atoms with Crippen molar-refractivity contribution in [2.45, 2.75) is 53.5 Å². The molecule has 3 rings (SSSR count). The summed E-state index contributed by atoms with van der Waals surface area (Å²) in [4.78, 5) is 13.9. The Bertz CT molecular complexity index is 887. The van der Waals surface area contributed by atoms with Gasteiger partial charge in [0, 0.05) is 11.1 Å². The van der Waals surface area contributed by atoms with Gasteiger partial charge in [0.05, 0.1) is 28.7 Å². The number of hydrogen-bond acceptors (Lipinski definition) is 4. The number of anilines is 1. The summed E-state index contributed by atoms with van der Waals surface area (Å²) in [5.41, 5.74) is 2.05. The van der Waals surface area contributed by atoms with E-state index in [9.17, 15) is 10.1 Å². The van der Waals surface area contributed by atoms with Crippen molar-refractivity contribution < 1.29 is 4.79 Å². The van der Waals surface area contributed by atoms with E-state index in [-0.39, 0.29) is 17.2 Å². The number of aromatic nitrogens is 2. The van der Waals surface area contributed by atoms with Crippen molar-refractivity contribution in [3.63, 3.8) is 0 Å². The van der Waals surface area contributed by atoms with Crippen LogP contribution in [0.2, 0.25) is 0 Å². The molecule has 1 amide bonds. The van der Waals surface area contributed by atoms with E-state index in [1.165, 1.54) is 4.88 Å². The van der Waals surface area contributed by atoms with Gasteiger partial charge in [-0.3, -0.25) is 9.48 Å². The lowest BCUT2D eigenvalue weighted by Gasteiger charge is -2.33. The second-order valence-electron chi connectivity index (χ2n) is 8.40. The first kappa shape index (κ1) is 20.1. The molecule has 1 aliphatic rings. The summed E-state index contributed by atoms with van der Waals surface area (Å²) in [6.07, 6.45) is 6.56. The molecule has 0 aromatic carbocycles. The topological polar surface area (TPSA) is 70.7 Å². The van der Waals surface area contributed by atoms with Crippen molar-refractivity contribution in [2.75, 3.05) is 5.32 Å². The number of thiophene rings is 1. The number of nitrogens with one attached hydrogen (secondary N) is 1. The lowest BCUT2D eigenvalue weighted by atomic mass is 9.72. The monoisotopic (exact) mass is 448 g/mol. The van der Waals surface area contributed by atoms with Crippen molar-refractivity contribution >= 4 is 38.2 Å². The number of nitrogens with zero attached hydrogens (tertiary/aromatic N) is 3. The highest BCUT2D eigenvalue weighted by molar-refractivity contribution is 9.10. The average molecular weight is 449 g/mol. The minimum absolute atomic E-state index is 0.0795. The van der Waals surface area contributed by atoms with E-state index >= 15 is 0 Å². The van der Waals surface area contributed by atoms with Gasteiger partial charge in [-0.15, -0.1) is 11.3 Å². The van der Waals surface area contributed by atoms with Gasteiger partial charge in [0.15, 0.2) is 0 Å². The molecule has 7 heteroatoms. The smallest absolute Gasteiger partial charge is 0.229 e. The van der Waals surface area contributed by atoms with Crippen LogP contribution in [0.25, 0.3) is 0 Å². The zero-order chi connectivity index (χ0) is 19.8.